The van der Waals surface area contributed by atoms with Crippen molar-refractivity contribution in [2.45, 2.75) is 51.3 Å². The highest BCUT2D eigenvalue weighted by atomic mass is 19.4. The second kappa shape index (κ2) is 5.01. The van der Waals surface area contributed by atoms with Crippen molar-refractivity contribution in [3.05, 3.63) is 0 Å². The molecule has 3 atom stereocenters. The topological polar surface area (TPSA) is 29.1 Å². The lowest BCUT2D eigenvalue weighted by Gasteiger charge is -2.35. The summed E-state index contributed by atoms with van der Waals surface area (Å²) in [4.78, 5) is 11.1. The highest BCUT2D eigenvalue weighted by Gasteiger charge is 2.63. The molecule has 3 unspecified atom stereocenters. The Morgan fingerprint density at radius 3 is 2.17 bits per heavy atom. The fourth-order valence-corrected chi connectivity index (χ4v) is 2.17. The summed E-state index contributed by atoms with van der Waals surface area (Å²) in [6.45, 7) is 3.64. The summed E-state index contributed by atoms with van der Waals surface area (Å²) in [7, 11) is 0. The second-order valence-corrected chi connectivity index (χ2v) is 4.92. The van der Waals surface area contributed by atoms with Gasteiger partial charge in [0.15, 0.2) is 0 Å². The zero-order valence-electron chi connectivity index (χ0n) is 10.2. The third-order valence-corrected chi connectivity index (χ3v) is 3.66. The maximum atomic E-state index is 12.8. The lowest BCUT2D eigenvalue weighted by molar-refractivity contribution is -0.270. The Hall–Kier alpha value is -0.880. The van der Waals surface area contributed by atoms with Crippen LogP contribution in [0.4, 0.5) is 22.0 Å². The quantitative estimate of drug-likeness (QED) is 0.769. The molecule has 0 aromatic carbocycles. The number of carbonyl (C=O) groups excluding carboxylic acids is 1. The molecule has 18 heavy (non-hydrogen) atoms. The molecule has 0 aliphatic heterocycles. The van der Waals surface area contributed by atoms with E-state index in [2.05, 4.69) is 0 Å². The van der Waals surface area contributed by atoms with E-state index < -0.39 is 24.0 Å². The van der Waals surface area contributed by atoms with Crippen LogP contribution in [-0.2, 0) is 4.79 Å². The summed E-state index contributed by atoms with van der Waals surface area (Å²) < 4.78 is 61.5. The first-order valence-corrected chi connectivity index (χ1v) is 5.83. The van der Waals surface area contributed by atoms with Gasteiger partial charge in [0.2, 0.25) is 0 Å². The first-order chi connectivity index (χ1) is 8.07. The molecule has 0 spiro atoms. The monoisotopic (exact) mass is 273 g/mol. The van der Waals surface area contributed by atoms with Crippen molar-refractivity contribution in [2.24, 2.45) is 11.8 Å². The minimum atomic E-state index is -5.85. The van der Waals surface area contributed by atoms with E-state index in [4.69, 9.17) is 0 Å². The van der Waals surface area contributed by atoms with Gasteiger partial charge in [0.25, 0.3) is 0 Å². The molecule has 0 aromatic rings. The Kier molecular flexibility index (Phi) is 4.23. The predicted molar refractivity (Wildman–Crippen MR) is 55.1 cm³/mol. The first kappa shape index (κ1) is 15.2. The predicted octanol–water partition coefficient (Wildman–Crippen LogP) is 3.12. The molecule has 1 fully saturated rings. The van der Waals surface area contributed by atoms with E-state index in [0.29, 0.717) is 12.8 Å². The molecule has 2 nitrogen and oxygen atoms in total. The van der Waals surface area contributed by atoms with Gasteiger partial charge in [0.1, 0.15) is 0 Å². The number of nitrogens with one attached hydrogen (secondary N) is 1. The van der Waals surface area contributed by atoms with E-state index >= 15 is 0 Å². The van der Waals surface area contributed by atoms with Crippen LogP contribution >= 0.6 is 0 Å². The third-order valence-electron chi connectivity index (χ3n) is 3.66. The Morgan fingerprint density at radius 1 is 1.11 bits per heavy atom. The molecule has 0 saturated heterocycles. The Morgan fingerprint density at radius 2 is 1.67 bits per heavy atom. The summed E-state index contributed by atoms with van der Waals surface area (Å²) in [5, 5.41) is 1.84. The van der Waals surface area contributed by atoms with Gasteiger partial charge in [-0.25, -0.2) is 0 Å². The number of halogens is 5. The maximum absolute atomic E-state index is 12.8. The Labute approximate surface area is 102 Å². The van der Waals surface area contributed by atoms with E-state index in [9.17, 15) is 26.7 Å². The Bertz CT molecular complexity index is 315. The van der Waals surface area contributed by atoms with Gasteiger partial charge in [-0.2, -0.15) is 22.0 Å². The largest absolute Gasteiger partial charge is 0.463 e. The molecule has 1 N–H and O–H groups in total. The summed E-state index contributed by atoms with van der Waals surface area (Å²) >= 11 is 0. The van der Waals surface area contributed by atoms with Crippen LogP contribution in [0.5, 0.6) is 0 Å². The number of rotatable bonds is 2. The minimum absolute atomic E-state index is 0.105. The van der Waals surface area contributed by atoms with E-state index in [1.807, 2.05) is 12.2 Å². The molecular formula is C11H16F5NO. The molecule has 1 saturated carbocycles. The maximum Gasteiger partial charge on any atom is 0.463 e. The highest BCUT2D eigenvalue weighted by Crippen LogP contribution is 2.36. The molecule has 0 radical (unpaired) electrons. The van der Waals surface area contributed by atoms with Gasteiger partial charge in [-0.1, -0.05) is 26.7 Å². The van der Waals surface area contributed by atoms with Gasteiger partial charge in [-0.15, -0.1) is 0 Å². The normalized spacial score (nSPS) is 30.1. The number of carbonyl (C=O) groups is 1. The van der Waals surface area contributed by atoms with Gasteiger partial charge in [0, 0.05) is 6.04 Å². The van der Waals surface area contributed by atoms with Gasteiger partial charge in [-0.3, -0.25) is 4.79 Å². The average Bonchev–Trinajstić information content (AvgIpc) is 2.23. The fraction of sp³-hybridized carbons (Fsp3) is 0.909. The summed E-state index contributed by atoms with van der Waals surface area (Å²) in [5.74, 6) is -7.48. The van der Waals surface area contributed by atoms with Gasteiger partial charge in [-0.05, 0) is 18.3 Å². The summed E-state index contributed by atoms with van der Waals surface area (Å²) in [5.41, 5.74) is 0. The number of hydrogen-bond acceptors (Lipinski definition) is 1. The van der Waals surface area contributed by atoms with Crippen LogP contribution in [0.25, 0.3) is 0 Å². The van der Waals surface area contributed by atoms with Crippen LogP contribution in [0.1, 0.15) is 33.1 Å². The SMILES string of the molecule is CC1CCCC(NC(=O)C(F)(F)C(F)(F)F)C1C. The molecule has 1 amide bonds. The van der Waals surface area contributed by atoms with Crippen molar-refractivity contribution in [3.63, 3.8) is 0 Å². The van der Waals surface area contributed by atoms with Crippen LogP contribution < -0.4 is 5.32 Å². The molecule has 1 aliphatic rings. The van der Waals surface area contributed by atoms with Crippen molar-refractivity contribution < 1.29 is 26.7 Å². The van der Waals surface area contributed by atoms with Crippen molar-refractivity contribution in [1.82, 2.24) is 5.32 Å². The zero-order valence-corrected chi connectivity index (χ0v) is 10.2. The number of hydrogen-bond donors (Lipinski definition) is 1. The van der Waals surface area contributed by atoms with Crippen molar-refractivity contribution in [3.8, 4) is 0 Å². The molecular weight excluding hydrogens is 257 g/mol. The summed E-state index contributed by atoms with van der Waals surface area (Å²) in [6, 6.07) is -0.616. The zero-order chi connectivity index (χ0) is 14.1. The lowest BCUT2D eigenvalue weighted by atomic mass is 9.78. The fourth-order valence-electron chi connectivity index (χ4n) is 2.17. The van der Waals surface area contributed by atoms with E-state index in [0.717, 1.165) is 6.42 Å². The first-order valence-electron chi connectivity index (χ1n) is 5.83. The minimum Gasteiger partial charge on any atom is -0.348 e. The van der Waals surface area contributed by atoms with Crippen LogP contribution in [0.2, 0.25) is 0 Å². The molecule has 0 heterocycles. The van der Waals surface area contributed by atoms with Crippen molar-refractivity contribution in [2.75, 3.05) is 0 Å². The van der Waals surface area contributed by atoms with Gasteiger partial charge in [0.05, 0.1) is 0 Å². The van der Waals surface area contributed by atoms with Gasteiger partial charge >= 0.3 is 18.0 Å². The molecule has 7 heteroatoms. The third kappa shape index (κ3) is 2.92. The van der Waals surface area contributed by atoms with Crippen LogP contribution in [0.15, 0.2) is 0 Å². The second-order valence-electron chi connectivity index (χ2n) is 4.92. The van der Waals surface area contributed by atoms with Crippen molar-refractivity contribution in [1.29, 1.82) is 0 Å². The van der Waals surface area contributed by atoms with Gasteiger partial charge < -0.3 is 5.32 Å². The number of alkyl halides is 5. The smallest absolute Gasteiger partial charge is 0.348 e. The molecule has 0 bridgehead atoms. The molecule has 1 aliphatic carbocycles. The molecule has 106 valence electrons. The molecule has 0 aromatic heterocycles. The lowest BCUT2D eigenvalue weighted by Crippen LogP contribution is -2.55. The Balaban J connectivity index is 2.70. The number of amides is 1. The van der Waals surface area contributed by atoms with E-state index in [1.54, 1.807) is 6.92 Å². The summed E-state index contributed by atoms with van der Waals surface area (Å²) in [6.07, 6.45) is -3.80. The van der Waals surface area contributed by atoms with Crippen LogP contribution in [0, 0.1) is 11.8 Å². The average molecular weight is 273 g/mol. The molecule has 1 rings (SSSR count). The van der Waals surface area contributed by atoms with E-state index in [-0.39, 0.29) is 11.8 Å². The van der Waals surface area contributed by atoms with E-state index in [1.165, 1.54) is 0 Å². The standard InChI is InChI=1S/C11H16F5NO/c1-6-4-3-5-8(7(6)2)17-9(18)10(12,13)11(14,15)16/h6-8H,3-5H2,1-2H3,(H,17,18). The highest BCUT2D eigenvalue weighted by molar-refractivity contribution is 5.84. The van der Waals surface area contributed by atoms with Crippen LogP contribution in [-0.4, -0.2) is 24.0 Å². The van der Waals surface area contributed by atoms with Crippen molar-refractivity contribution >= 4 is 5.91 Å². The van der Waals surface area contributed by atoms with Crippen LogP contribution in [0.3, 0.4) is 0 Å².